The van der Waals surface area contributed by atoms with Crippen LogP contribution in [0.15, 0.2) is 18.2 Å². The average molecular weight is 233 g/mol. The minimum Gasteiger partial charge on any atom is -0.384 e. The minimum atomic E-state index is 0.700. The lowest BCUT2D eigenvalue weighted by Crippen LogP contribution is -2.12. The maximum absolute atomic E-state index is 5.97. The zero-order valence-electron chi connectivity index (χ0n) is 8.11. The summed E-state index contributed by atoms with van der Waals surface area (Å²) in [6, 6.07) is 5.41. The van der Waals surface area contributed by atoms with E-state index in [2.05, 4.69) is 10.6 Å². The zero-order valence-corrected chi connectivity index (χ0v) is 9.62. The van der Waals surface area contributed by atoms with Crippen molar-refractivity contribution in [2.45, 2.75) is 6.42 Å². The van der Waals surface area contributed by atoms with E-state index in [0.717, 1.165) is 25.2 Å². The molecule has 0 saturated heterocycles. The van der Waals surface area contributed by atoms with Gasteiger partial charge in [-0.25, -0.2) is 0 Å². The Morgan fingerprint density at radius 2 is 2.00 bits per heavy atom. The van der Waals surface area contributed by atoms with Gasteiger partial charge in [0.1, 0.15) is 0 Å². The largest absolute Gasteiger partial charge is 0.384 e. The van der Waals surface area contributed by atoms with Gasteiger partial charge in [-0.3, -0.25) is 0 Å². The van der Waals surface area contributed by atoms with Crippen LogP contribution >= 0.6 is 23.2 Å². The van der Waals surface area contributed by atoms with Crippen LogP contribution < -0.4 is 10.6 Å². The molecule has 1 rings (SSSR count). The van der Waals surface area contributed by atoms with E-state index in [1.54, 1.807) is 12.1 Å². The van der Waals surface area contributed by atoms with E-state index < -0.39 is 0 Å². The zero-order chi connectivity index (χ0) is 10.4. The first-order valence-electron chi connectivity index (χ1n) is 4.57. The molecule has 14 heavy (non-hydrogen) atoms. The normalized spacial score (nSPS) is 10.2. The Morgan fingerprint density at radius 1 is 1.21 bits per heavy atom. The minimum absolute atomic E-state index is 0.700. The number of hydrogen-bond donors (Lipinski definition) is 2. The third kappa shape index (κ3) is 3.74. The lowest BCUT2D eigenvalue weighted by atomic mass is 10.3. The molecule has 4 heteroatoms. The highest BCUT2D eigenvalue weighted by Crippen LogP contribution is 2.25. The van der Waals surface area contributed by atoms with Crippen molar-refractivity contribution in [1.82, 2.24) is 5.32 Å². The molecule has 0 fully saturated rings. The number of hydrogen-bond acceptors (Lipinski definition) is 2. The van der Waals surface area contributed by atoms with Gasteiger partial charge in [0.2, 0.25) is 0 Å². The van der Waals surface area contributed by atoms with Crippen LogP contribution in [0.2, 0.25) is 10.0 Å². The smallest absolute Gasteiger partial charge is 0.0638 e. The molecule has 0 aliphatic carbocycles. The maximum Gasteiger partial charge on any atom is 0.0638 e. The molecular formula is C10H14Cl2N2. The first-order valence-corrected chi connectivity index (χ1v) is 5.33. The summed E-state index contributed by atoms with van der Waals surface area (Å²) in [7, 11) is 1.94. The second-order valence-corrected chi connectivity index (χ2v) is 3.85. The van der Waals surface area contributed by atoms with Crippen molar-refractivity contribution in [3.8, 4) is 0 Å². The third-order valence-corrected chi connectivity index (χ3v) is 2.41. The molecule has 0 atom stereocenters. The van der Waals surface area contributed by atoms with Gasteiger partial charge in [0.05, 0.1) is 10.7 Å². The van der Waals surface area contributed by atoms with Gasteiger partial charge in [0, 0.05) is 11.6 Å². The molecule has 0 heterocycles. The molecule has 1 aromatic rings. The molecule has 0 spiro atoms. The van der Waals surface area contributed by atoms with Gasteiger partial charge >= 0.3 is 0 Å². The molecule has 0 radical (unpaired) electrons. The van der Waals surface area contributed by atoms with E-state index >= 15 is 0 Å². The Bertz CT molecular complexity index is 289. The van der Waals surface area contributed by atoms with Crippen molar-refractivity contribution in [1.29, 1.82) is 0 Å². The Morgan fingerprint density at radius 3 is 2.71 bits per heavy atom. The molecule has 2 nitrogen and oxygen atoms in total. The summed E-state index contributed by atoms with van der Waals surface area (Å²) in [5, 5.41) is 7.72. The predicted molar refractivity (Wildman–Crippen MR) is 63.5 cm³/mol. The number of rotatable bonds is 5. The van der Waals surface area contributed by atoms with Crippen LogP contribution in [0.1, 0.15) is 6.42 Å². The molecule has 0 aliphatic heterocycles. The first kappa shape index (κ1) is 11.6. The molecule has 0 bridgehead atoms. The standard InChI is InChI=1S/C10H14Cl2N2/c1-13-5-2-6-14-10-7-8(11)3-4-9(10)12/h3-4,7,13-14H,2,5-6H2,1H3. The number of benzene rings is 1. The van der Waals surface area contributed by atoms with Crippen molar-refractivity contribution in [3.63, 3.8) is 0 Å². The highest BCUT2D eigenvalue weighted by atomic mass is 35.5. The summed E-state index contributed by atoms with van der Waals surface area (Å²) < 4.78 is 0. The van der Waals surface area contributed by atoms with E-state index in [1.165, 1.54) is 0 Å². The maximum atomic E-state index is 5.97. The lowest BCUT2D eigenvalue weighted by molar-refractivity contribution is 0.748. The van der Waals surface area contributed by atoms with Crippen LogP contribution in [0.4, 0.5) is 5.69 Å². The fraction of sp³-hybridized carbons (Fsp3) is 0.400. The van der Waals surface area contributed by atoms with Crippen LogP contribution in [0.5, 0.6) is 0 Å². The second-order valence-electron chi connectivity index (χ2n) is 3.01. The summed E-state index contributed by atoms with van der Waals surface area (Å²) in [4.78, 5) is 0. The van der Waals surface area contributed by atoms with Crippen molar-refractivity contribution in [2.24, 2.45) is 0 Å². The van der Waals surface area contributed by atoms with Gasteiger partial charge in [-0.2, -0.15) is 0 Å². The van der Waals surface area contributed by atoms with Crippen LogP contribution in [0.3, 0.4) is 0 Å². The van der Waals surface area contributed by atoms with Crippen molar-refractivity contribution >= 4 is 28.9 Å². The third-order valence-electron chi connectivity index (χ3n) is 1.85. The highest BCUT2D eigenvalue weighted by Gasteiger charge is 1.99. The van der Waals surface area contributed by atoms with Crippen molar-refractivity contribution in [2.75, 3.05) is 25.5 Å². The van der Waals surface area contributed by atoms with E-state index in [4.69, 9.17) is 23.2 Å². The van der Waals surface area contributed by atoms with Gasteiger partial charge in [-0.1, -0.05) is 23.2 Å². The highest BCUT2D eigenvalue weighted by molar-refractivity contribution is 6.35. The predicted octanol–water partition coefficient (Wildman–Crippen LogP) is 3.01. The van der Waals surface area contributed by atoms with Crippen molar-refractivity contribution in [3.05, 3.63) is 28.2 Å². The molecular weight excluding hydrogens is 219 g/mol. The molecule has 2 N–H and O–H groups in total. The summed E-state index contributed by atoms with van der Waals surface area (Å²) in [6.45, 7) is 1.88. The average Bonchev–Trinajstić information content (AvgIpc) is 2.18. The number of nitrogens with one attached hydrogen (secondary N) is 2. The van der Waals surface area contributed by atoms with Crippen LogP contribution in [-0.2, 0) is 0 Å². The molecule has 78 valence electrons. The van der Waals surface area contributed by atoms with Crippen LogP contribution in [0.25, 0.3) is 0 Å². The summed E-state index contributed by atoms with van der Waals surface area (Å²) in [5.74, 6) is 0. The molecule has 0 aliphatic rings. The second kappa shape index (κ2) is 6.12. The quantitative estimate of drug-likeness (QED) is 0.764. The van der Waals surface area contributed by atoms with Gasteiger partial charge in [0.25, 0.3) is 0 Å². The number of anilines is 1. The summed E-state index contributed by atoms with van der Waals surface area (Å²) in [6.07, 6.45) is 1.05. The fourth-order valence-corrected chi connectivity index (χ4v) is 1.48. The van der Waals surface area contributed by atoms with E-state index in [9.17, 15) is 0 Å². The molecule has 0 unspecified atom stereocenters. The summed E-state index contributed by atoms with van der Waals surface area (Å²) in [5.41, 5.74) is 0.898. The van der Waals surface area contributed by atoms with Crippen molar-refractivity contribution < 1.29 is 0 Å². The van der Waals surface area contributed by atoms with Crippen LogP contribution in [0, 0.1) is 0 Å². The first-order chi connectivity index (χ1) is 6.74. The van der Waals surface area contributed by atoms with Gasteiger partial charge in [0.15, 0.2) is 0 Å². The Kier molecular flexibility index (Phi) is 5.09. The Labute approximate surface area is 94.6 Å². The topological polar surface area (TPSA) is 24.1 Å². The Hall–Kier alpha value is -0.440. The monoisotopic (exact) mass is 232 g/mol. The van der Waals surface area contributed by atoms with Gasteiger partial charge in [-0.15, -0.1) is 0 Å². The summed E-state index contributed by atoms with van der Waals surface area (Å²) >= 11 is 11.8. The Balaban J connectivity index is 2.45. The van der Waals surface area contributed by atoms with E-state index in [-0.39, 0.29) is 0 Å². The van der Waals surface area contributed by atoms with Gasteiger partial charge in [-0.05, 0) is 38.2 Å². The lowest BCUT2D eigenvalue weighted by Gasteiger charge is -2.08. The van der Waals surface area contributed by atoms with E-state index in [1.807, 2.05) is 13.1 Å². The number of halogens is 2. The molecule has 0 amide bonds. The van der Waals surface area contributed by atoms with Crippen LogP contribution in [-0.4, -0.2) is 20.1 Å². The van der Waals surface area contributed by atoms with Gasteiger partial charge < -0.3 is 10.6 Å². The molecule has 0 saturated carbocycles. The SMILES string of the molecule is CNCCCNc1cc(Cl)ccc1Cl. The van der Waals surface area contributed by atoms with E-state index in [0.29, 0.717) is 10.0 Å². The molecule has 1 aromatic carbocycles. The molecule has 0 aromatic heterocycles. The fourth-order valence-electron chi connectivity index (χ4n) is 1.12.